The summed E-state index contributed by atoms with van der Waals surface area (Å²) < 4.78 is 17.4. The van der Waals surface area contributed by atoms with Gasteiger partial charge in [0.2, 0.25) is 0 Å². The molecule has 0 aromatic rings. The Bertz CT molecular complexity index is 311. The minimum absolute atomic E-state index is 0.183. The maximum atomic E-state index is 12.2. The average molecular weight is 228 g/mol. The summed E-state index contributed by atoms with van der Waals surface area (Å²) in [6.45, 7) is 5.35. The van der Waals surface area contributed by atoms with Crippen LogP contribution in [0.5, 0.6) is 0 Å². The normalized spacial score (nSPS) is 18.6. The van der Waals surface area contributed by atoms with E-state index in [2.05, 4.69) is 6.07 Å². The van der Waals surface area contributed by atoms with Crippen molar-refractivity contribution in [2.75, 3.05) is 19.8 Å². The second-order valence-corrected chi connectivity index (χ2v) is 5.17. The fourth-order valence-electron chi connectivity index (χ4n) is 1.61. The number of rotatable bonds is 2. The van der Waals surface area contributed by atoms with Crippen molar-refractivity contribution >= 4 is 6.09 Å². The number of carbonyl (C=O) groups is 1. The molecule has 4 nitrogen and oxygen atoms in total. The smallest absolute Gasteiger partial charge is 0.410 e. The predicted octanol–water partition coefficient (Wildman–Crippen LogP) is 2.11. The van der Waals surface area contributed by atoms with Gasteiger partial charge >= 0.3 is 6.09 Å². The molecule has 0 atom stereocenters. The maximum Gasteiger partial charge on any atom is 0.410 e. The summed E-state index contributed by atoms with van der Waals surface area (Å²) in [6.07, 6.45) is -0.250. The highest BCUT2D eigenvalue weighted by atomic mass is 19.1. The quantitative estimate of drug-likeness (QED) is 0.727. The number of alkyl halides is 1. The Labute approximate surface area is 95.0 Å². The zero-order chi connectivity index (χ0) is 12.4. The van der Waals surface area contributed by atoms with Gasteiger partial charge in [0.25, 0.3) is 0 Å². The zero-order valence-electron chi connectivity index (χ0n) is 9.92. The van der Waals surface area contributed by atoms with E-state index in [0.717, 1.165) is 0 Å². The van der Waals surface area contributed by atoms with Crippen LogP contribution in [0, 0.1) is 16.7 Å². The van der Waals surface area contributed by atoms with E-state index < -0.39 is 23.8 Å². The molecule has 1 heterocycles. The van der Waals surface area contributed by atoms with Crippen molar-refractivity contribution in [3.8, 4) is 6.07 Å². The highest BCUT2D eigenvalue weighted by molar-refractivity contribution is 5.69. The minimum Gasteiger partial charge on any atom is -0.444 e. The van der Waals surface area contributed by atoms with E-state index in [9.17, 15) is 9.18 Å². The molecule has 16 heavy (non-hydrogen) atoms. The van der Waals surface area contributed by atoms with E-state index in [4.69, 9.17) is 10.00 Å². The Morgan fingerprint density at radius 1 is 1.56 bits per heavy atom. The molecular formula is C11H17FN2O2. The van der Waals surface area contributed by atoms with Crippen LogP contribution in [0.15, 0.2) is 0 Å². The first-order chi connectivity index (χ1) is 7.32. The van der Waals surface area contributed by atoms with Gasteiger partial charge in [-0.15, -0.1) is 0 Å². The Morgan fingerprint density at radius 3 is 2.50 bits per heavy atom. The number of amides is 1. The molecule has 0 aromatic heterocycles. The molecule has 0 bridgehead atoms. The van der Waals surface area contributed by atoms with Crippen molar-refractivity contribution in [1.82, 2.24) is 4.90 Å². The zero-order valence-corrected chi connectivity index (χ0v) is 9.92. The Balaban J connectivity index is 2.46. The second-order valence-electron chi connectivity index (χ2n) is 5.17. The van der Waals surface area contributed by atoms with E-state index in [0.29, 0.717) is 0 Å². The van der Waals surface area contributed by atoms with Crippen molar-refractivity contribution in [3.05, 3.63) is 0 Å². The van der Waals surface area contributed by atoms with Gasteiger partial charge in [-0.2, -0.15) is 5.26 Å². The monoisotopic (exact) mass is 228 g/mol. The molecule has 1 fully saturated rings. The second kappa shape index (κ2) is 4.28. The predicted molar refractivity (Wildman–Crippen MR) is 56.4 cm³/mol. The van der Waals surface area contributed by atoms with Crippen LogP contribution in [-0.2, 0) is 4.74 Å². The topological polar surface area (TPSA) is 53.3 Å². The van der Waals surface area contributed by atoms with Gasteiger partial charge in [0, 0.05) is 13.1 Å². The van der Waals surface area contributed by atoms with Crippen LogP contribution in [0.1, 0.15) is 27.2 Å². The molecule has 90 valence electrons. The van der Waals surface area contributed by atoms with Crippen LogP contribution in [0.3, 0.4) is 0 Å². The van der Waals surface area contributed by atoms with Gasteiger partial charge in [-0.25, -0.2) is 4.79 Å². The summed E-state index contributed by atoms with van der Waals surface area (Å²) in [6, 6.07) is 2.07. The molecule has 1 aliphatic rings. The summed E-state index contributed by atoms with van der Waals surface area (Å²) >= 11 is 0. The highest BCUT2D eigenvalue weighted by Gasteiger charge is 2.46. The minimum atomic E-state index is -0.703. The molecule has 1 aliphatic heterocycles. The first-order valence-electron chi connectivity index (χ1n) is 5.27. The lowest BCUT2D eigenvalue weighted by Gasteiger charge is -2.45. The molecule has 1 saturated heterocycles. The molecule has 0 spiro atoms. The lowest BCUT2D eigenvalue weighted by molar-refractivity contribution is -0.0198. The SMILES string of the molecule is CC(C)(C)OC(=O)N1CC(C#N)(CCF)C1. The number of hydrogen-bond acceptors (Lipinski definition) is 3. The van der Waals surface area contributed by atoms with Crippen LogP contribution in [0.4, 0.5) is 9.18 Å². The van der Waals surface area contributed by atoms with Crippen LogP contribution >= 0.6 is 0 Å². The number of halogens is 1. The van der Waals surface area contributed by atoms with E-state index in [1.807, 2.05) is 0 Å². The third-order valence-corrected chi connectivity index (χ3v) is 2.45. The van der Waals surface area contributed by atoms with Gasteiger partial charge in [0.05, 0.1) is 18.2 Å². The fourth-order valence-corrected chi connectivity index (χ4v) is 1.61. The molecule has 0 saturated carbocycles. The van der Waals surface area contributed by atoms with E-state index in [1.165, 1.54) is 4.90 Å². The summed E-state index contributed by atoms with van der Waals surface area (Å²) in [7, 11) is 0. The Hall–Kier alpha value is -1.31. The number of nitrogens with zero attached hydrogens (tertiary/aromatic N) is 2. The van der Waals surface area contributed by atoms with Crippen LogP contribution in [0.2, 0.25) is 0 Å². The third-order valence-electron chi connectivity index (χ3n) is 2.45. The van der Waals surface area contributed by atoms with E-state index >= 15 is 0 Å². The van der Waals surface area contributed by atoms with Crippen LogP contribution in [0.25, 0.3) is 0 Å². The van der Waals surface area contributed by atoms with Gasteiger partial charge in [0.15, 0.2) is 0 Å². The van der Waals surface area contributed by atoms with Gasteiger partial charge in [-0.05, 0) is 27.2 Å². The van der Waals surface area contributed by atoms with Gasteiger partial charge in [0.1, 0.15) is 5.60 Å². The van der Waals surface area contributed by atoms with Crippen molar-refractivity contribution in [1.29, 1.82) is 5.26 Å². The molecular weight excluding hydrogens is 211 g/mol. The van der Waals surface area contributed by atoms with Gasteiger partial charge in [-0.1, -0.05) is 0 Å². The maximum absolute atomic E-state index is 12.2. The number of hydrogen-bond donors (Lipinski definition) is 0. The lowest BCUT2D eigenvalue weighted by atomic mass is 9.79. The molecule has 1 rings (SSSR count). The Morgan fingerprint density at radius 2 is 2.12 bits per heavy atom. The Kier molecular flexibility index (Phi) is 3.41. The summed E-state index contributed by atoms with van der Waals surface area (Å²) in [4.78, 5) is 13.0. The molecule has 0 aliphatic carbocycles. The molecule has 0 unspecified atom stereocenters. The number of nitriles is 1. The molecule has 0 aromatic carbocycles. The third kappa shape index (κ3) is 2.84. The highest BCUT2D eigenvalue weighted by Crippen LogP contribution is 2.34. The van der Waals surface area contributed by atoms with Crippen LogP contribution in [-0.4, -0.2) is 36.4 Å². The lowest BCUT2D eigenvalue weighted by Crippen LogP contribution is -2.58. The standard InChI is InChI=1S/C11H17FN2O2/c1-10(2,3)16-9(15)14-7-11(6-13,8-14)4-5-12/h4-5,7-8H2,1-3H3. The van der Waals surface area contributed by atoms with Gasteiger partial charge in [-0.3, -0.25) is 4.39 Å². The molecule has 5 heteroatoms. The summed E-state index contributed by atoms with van der Waals surface area (Å²) in [5.41, 5.74) is -1.24. The van der Waals surface area contributed by atoms with Crippen molar-refractivity contribution in [3.63, 3.8) is 0 Å². The van der Waals surface area contributed by atoms with Crippen molar-refractivity contribution in [2.24, 2.45) is 5.41 Å². The number of ether oxygens (including phenoxy) is 1. The first-order valence-corrected chi connectivity index (χ1v) is 5.27. The summed E-state index contributed by atoms with van der Waals surface area (Å²) in [5.74, 6) is 0. The average Bonchev–Trinajstić information content (AvgIpc) is 2.07. The van der Waals surface area contributed by atoms with Crippen molar-refractivity contribution < 1.29 is 13.9 Å². The molecule has 0 radical (unpaired) electrons. The largest absolute Gasteiger partial charge is 0.444 e. The fraction of sp³-hybridized carbons (Fsp3) is 0.818. The van der Waals surface area contributed by atoms with Crippen LogP contribution < -0.4 is 0 Å². The molecule has 0 N–H and O–H groups in total. The van der Waals surface area contributed by atoms with Gasteiger partial charge < -0.3 is 9.64 Å². The summed E-state index contributed by atoms with van der Waals surface area (Å²) in [5, 5.41) is 8.90. The number of likely N-dealkylation sites (tertiary alicyclic amines) is 1. The van der Waals surface area contributed by atoms with E-state index in [1.54, 1.807) is 20.8 Å². The first kappa shape index (κ1) is 12.8. The molecule has 1 amide bonds. The van der Waals surface area contributed by atoms with E-state index in [-0.39, 0.29) is 19.5 Å². The van der Waals surface area contributed by atoms with Crippen molar-refractivity contribution in [2.45, 2.75) is 32.8 Å². The number of carbonyl (C=O) groups excluding carboxylic acids is 1.